The van der Waals surface area contributed by atoms with Crippen LogP contribution in [0.2, 0.25) is 0 Å². The lowest BCUT2D eigenvalue weighted by Crippen LogP contribution is -2.55. The molecule has 7 nitrogen and oxygen atoms in total. The maximum absolute atomic E-state index is 13.1. The van der Waals surface area contributed by atoms with E-state index in [0.717, 1.165) is 50.2 Å². The summed E-state index contributed by atoms with van der Waals surface area (Å²) in [4.78, 5) is 21.9. The Balaban J connectivity index is 1.12. The second-order valence-electron chi connectivity index (χ2n) is 10.2. The van der Waals surface area contributed by atoms with Gasteiger partial charge < -0.3 is 19.5 Å². The zero-order valence-corrected chi connectivity index (χ0v) is 21.2. The van der Waals surface area contributed by atoms with Gasteiger partial charge in [-0.25, -0.2) is 4.98 Å². The normalized spacial score (nSPS) is 28.8. The Labute approximate surface area is 212 Å². The summed E-state index contributed by atoms with van der Waals surface area (Å²) in [6, 6.07) is 10.8. The first kappa shape index (κ1) is 24.8. The number of thiazole rings is 1. The third kappa shape index (κ3) is 6.68. The monoisotopic (exact) mass is 499 g/mol. The van der Waals surface area contributed by atoms with Crippen LogP contribution in [0.1, 0.15) is 42.7 Å². The summed E-state index contributed by atoms with van der Waals surface area (Å²) in [5.41, 5.74) is 1.39. The van der Waals surface area contributed by atoms with E-state index < -0.39 is 6.10 Å². The van der Waals surface area contributed by atoms with Crippen LogP contribution in [0.4, 0.5) is 0 Å². The van der Waals surface area contributed by atoms with Gasteiger partial charge in [0.25, 0.3) is 0 Å². The lowest BCUT2D eigenvalue weighted by molar-refractivity contribution is -0.161. The van der Waals surface area contributed by atoms with Gasteiger partial charge in [0, 0.05) is 37.3 Å². The fourth-order valence-corrected chi connectivity index (χ4v) is 6.43. The van der Waals surface area contributed by atoms with Gasteiger partial charge in [0.05, 0.1) is 44.5 Å². The van der Waals surface area contributed by atoms with Gasteiger partial charge in [-0.1, -0.05) is 30.3 Å². The number of carbonyl (C=O) groups is 1. The highest BCUT2D eigenvalue weighted by atomic mass is 32.1. The molecule has 4 atom stereocenters. The first-order valence-electron chi connectivity index (χ1n) is 13.0. The Morgan fingerprint density at radius 3 is 2.71 bits per heavy atom. The number of aliphatic hydroxyl groups is 1. The van der Waals surface area contributed by atoms with Crippen LogP contribution in [0.15, 0.2) is 41.9 Å². The predicted molar refractivity (Wildman–Crippen MR) is 135 cm³/mol. The Morgan fingerprint density at radius 1 is 1.11 bits per heavy atom. The van der Waals surface area contributed by atoms with E-state index in [0.29, 0.717) is 38.6 Å². The van der Waals surface area contributed by atoms with Gasteiger partial charge in [0.2, 0.25) is 5.91 Å². The van der Waals surface area contributed by atoms with Crippen LogP contribution in [-0.2, 0) is 27.2 Å². The first-order valence-corrected chi connectivity index (χ1v) is 13.9. The summed E-state index contributed by atoms with van der Waals surface area (Å²) in [6.07, 6.45) is 6.62. The number of benzene rings is 1. The van der Waals surface area contributed by atoms with E-state index in [9.17, 15) is 9.90 Å². The zero-order chi connectivity index (χ0) is 24.0. The summed E-state index contributed by atoms with van der Waals surface area (Å²) in [6.45, 7) is 3.70. The molecule has 3 aliphatic rings. The minimum Gasteiger partial charge on any atom is -0.389 e. The van der Waals surface area contributed by atoms with Crippen molar-refractivity contribution in [1.82, 2.24) is 14.8 Å². The SMILES string of the molecule is O=C(C[C@@H]1CC[C@@H]2[C@H](COC[C@@H](O)CN2Cc2nccs2)O1)N1CCC(Cc2ccccc2)CC1. The molecule has 1 aromatic heterocycles. The number of fused-ring (bicyclic) bond motifs is 1. The lowest BCUT2D eigenvalue weighted by Gasteiger charge is -2.44. The summed E-state index contributed by atoms with van der Waals surface area (Å²) in [7, 11) is 0. The number of likely N-dealkylation sites (tertiary alicyclic amines) is 1. The minimum atomic E-state index is -0.514. The first-order chi connectivity index (χ1) is 17.1. The van der Waals surface area contributed by atoms with Gasteiger partial charge >= 0.3 is 0 Å². The third-order valence-electron chi connectivity index (χ3n) is 7.65. The fourth-order valence-electron chi connectivity index (χ4n) is 5.79. The van der Waals surface area contributed by atoms with Crippen molar-refractivity contribution in [3.05, 3.63) is 52.5 Å². The molecule has 1 aromatic carbocycles. The number of aromatic nitrogens is 1. The standard InChI is InChI=1S/C27H37N3O4S/c31-22-16-30(17-26-28-10-13-35-26)24-7-6-23(34-25(24)19-33-18-22)15-27(32)29-11-8-21(9-12-29)14-20-4-2-1-3-5-20/h1-5,10,13,21-25,31H,6-9,11-12,14-19H2/t22-,23-,24+,25-/m0/s1. The van der Waals surface area contributed by atoms with E-state index >= 15 is 0 Å². The maximum atomic E-state index is 13.1. The van der Waals surface area contributed by atoms with E-state index in [-0.39, 0.29) is 24.2 Å². The molecule has 35 heavy (non-hydrogen) atoms. The van der Waals surface area contributed by atoms with E-state index in [1.165, 1.54) is 5.56 Å². The van der Waals surface area contributed by atoms with Gasteiger partial charge in [-0.05, 0) is 43.6 Å². The highest BCUT2D eigenvalue weighted by molar-refractivity contribution is 7.09. The average Bonchev–Trinajstić information content (AvgIpc) is 3.37. The number of ether oxygens (including phenoxy) is 2. The topological polar surface area (TPSA) is 75.1 Å². The van der Waals surface area contributed by atoms with Crippen LogP contribution in [0.5, 0.6) is 0 Å². The molecule has 3 fully saturated rings. The Hall–Kier alpha value is -1.84. The Bertz CT molecular complexity index is 920. The van der Waals surface area contributed by atoms with Crippen LogP contribution in [0.3, 0.4) is 0 Å². The summed E-state index contributed by atoms with van der Waals surface area (Å²) >= 11 is 1.64. The molecule has 0 radical (unpaired) electrons. The highest BCUT2D eigenvalue weighted by Crippen LogP contribution is 2.30. The molecular formula is C27H37N3O4S. The molecule has 1 N–H and O–H groups in total. The van der Waals surface area contributed by atoms with Crippen molar-refractivity contribution in [1.29, 1.82) is 0 Å². The van der Waals surface area contributed by atoms with Gasteiger partial charge in [0.1, 0.15) is 5.01 Å². The summed E-state index contributed by atoms with van der Waals surface area (Å²) in [5.74, 6) is 0.868. The molecule has 3 saturated heterocycles. The summed E-state index contributed by atoms with van der Waals surface area (Å²) < 4.78 is 12.2. The fraction of sp³-hybridized carbons (Fsp3) is 0.630. The van der Waals surface area contributed by atoms with Gasteiger partial charge in [-0.2, -0.15) is 0 Å². The van der Waals surface area contributed by atoms with Crippen molar-refractivity contribution in [2.24, 2.45) is 5.92 Å². The van der Waals surface area contributed by atoms with Crippen LogP contribution >= 0.6 is 11.3 Å². The number of aliphatic hydroxyl groups excluding tert-OH is 1. The summed E-state index contributed by atoms with van der Waals surface area (Å²) in [5, 5.41) is 13.4. The largest absolute Gasteiger partial charge is 0.389 e. The van der Waals surface area contributed by atoms with Gasteiger partial charge in [-0.3, -0.25) is 9.69 Å². The molecule has 8 heteroatoms. The lowest BCUT2D eigenvalue weighted by atomic mass is 9.89. The number of rotatable bonds is 6. The molecule has 190 valence electrons. The number of carbonyl (C=O) groups excluding carboxylic acids is 1. The molecule has 0 unspecified atom stereocenters. The van der Waals surface area contributed by atoms with Crippen molar-refractivity contribution < 1.29 is 19.4 Å². The zero-order valence-electron chi connectivity index (χ0n) is 20.3. The van der Waals surface area contributed by atoms with E-state index in [4.69, 9.17) is 9.47 Å². The molecule has 4 heterocycles. The van der Waals surface area contributed by atoms with Crippen LogP contribution in [0.25, 0.3) is 0 Å². The third-order valence-corrected chi connectivity index (χ3v) is 8.41. The Kier molecular flexibility index (Phi) is 8.47. The van der Waals surface area contributed by atoms with Crippen molar-refractivity contribution >= 4 is 17.2 Å². The molecular weight excluding hydrogens is 462 g/mol. The maximum Gasteiger partial charge on any atom is 0.225 e. The molecule has 5 rings (SSSR count). The molecule has 2 aromatic rings. The van der Waals surface area contributed by atoms with E-state index in [1.807, 2.05) is 16.5 Å². The van der Waals surface area contributed by atoms with Crippen molar-refractivity contribution in [3.8, 4) is 0 Å². The molecule has 3 aliphatic heterocycles. The molecule has 0 bridgehead atoms. The molecule has 0 aliphatic carbocycles. The average molecular weight is 500 g/mol. The number of hydrogen-bond acceptors (Lipinski definition) is 7. The molecule has 0 spiro atoms. The van der Waals surface area contributed by atoms with Crippen molar-refractivity contribution in [2.45, 2.75) is 69.4 Å². The van der Waals surface area contributed by atoms with Gasteiger partial charge in [0.15, 0.2) is 0 Å². The van der Waals surface area contributed by atoms with Crippen LogP contribution in [-0.4, -0.2) is 83.0 Å². The number of amides is 1. The van der Waals surface area contributed by atoms with E-state index in [1.54, 1.807) is 11.3 Å². The quantitative estimate of drug-likeness (QED) is 0.658. The minimum absolute atomic E-state index is 0.0690. The highest BCUT2D eigenvalue weighted by Gasteiger charge is 2.38. The molecule has 0 saturated carbocycles. The number of nitrogens with zero attached hydrogens (tertiary/aromatic N) is 3. The smallest absolute Gasteiger partial charge is 0.225 e. The van der Waals surface area contributed by atoms with Gasteiger partial charge in [-0.15, -0.1) is 11.3 Å². The predicted octanol–water partition coefficient (Wildman–Crippen LogP) is 3.12. The van der Waals surface area contributed by atoms with E-state index in [2.05, 4.69) is 40.2 Å². The molecule has 1 amide bonds. The van der Waals surface area contributed by atoms with Crippen LogP contribution < -0.4 is 0 Å². The van der Waals surface area contributed by atoms with Crippen LogP contribution in [0, 0.1) is 5.92 Å². The second-order valence-corrected chi connectivity index (χ2v) is 11.2. The number of piperidine rings is 1. The Morgan fingerprint density at radius 2 is 1.94 bits per heavy atom. The number of β-amino-alcohol motifs (C(OH)–C–C–N with tert-alkyl or cyclic N) is 1. The second kappa shape index (κ2) is 11.9. The van der Waals surface area contributed by atoms with Crippen molar-refractivity contribution in [3.63, 3.8) is 0 Å². The number of hydrogen-bond donors (Lipinski definition) is 1. The van der Waals surface area contributed by atoms with Crippen molar-refractivity contribution in [2.75, 3.05) is 32.8 Å².